The van der Waals surface area contributed by atoms with Crippen molar-refractivity contribution < 1.29 is 9.53 Å². The van der Waals surface area contributed by atoms with Crippen molar-refractivity contribution >= 4 is 51.2 Å². The number of rotatable bonds is 17. The summed E-state index contributed by atoms with van der Waals surface area (Å²) >= 11 is 5.33. The van der Waals surface area contributed by atoms with Crippen LogP contribution in [0.2, 0.25) is 0 Å². The van der Waals surface area contributed by atoms with Gasteiger partial charge in [0.05, 0.1) is 6.61 Å². The normalized spacial score (nSPS) is 13.7. The molecule has 0 bridgehead atoms. The Morgan fingerprint density at radius 1 is 0.750 bits per heavy atom. The molecule has 0 aromatic carbocycles. The Hall–Kier alpha value is 0.930. The van der Waals surface area contributed by atoms with Crippen LogP contribution in [0.25, 0.3) is 0 Å². The minimum Gasteiger partial charge on any atom is -0.466 e. The van der Waals surface area contributed by atoms with E-state index in [2.05, 4.69) is 52.1 Å². The molecule has 2 atom stereocenters. The van der Waals surface area contributed by atoms with Crippen LogP contribution < -0.4 is 0 Å². The highest BCUT2D eigenvalue weighted by Crippen LogP contribution is 2.26. The predicted octanol–water partition coefficient (Wildman–Crippen LogP) is 7.64. The van der Waals surface area contributed by atoms with Crippen LogP contribution in [0.4, 0.5) is 0 Å². The van der Waals surface area contributed by atoms with Crippen LogP contribution in [0, 0.1) is 0 Å². The molecule has 0 saturated carbocycles. The molecule has 0 N–H and O–H groups in total. The highest BCUT2D eigenvalue weighted by Gasteiger charge is 2.14. The summed E-state index contributed by atoms with van der Waals surface area (Å²) in [5.41, 5.74) is 0. The molecule has 0 aliphatic rings. The second kappa shape index (κ2) is 18.7. The fourth-order valence-corrected chi connectivity index (χ4v) is 4.45. The van der Waals surface area contributed by atoms with Crippen molar-refractivity contribution in [3.05, 3.63) is 0 Å². The van der Waals surface area contributed by atoms with Crippen molar-refractivity contribution in [2.24, 2.45) is 0 Å². The van der Waals surface area contributed by atoms with E-state index in [1.807, 2.05) is 6.92 Å². The number of unbranched alkanes of at least 4 members (excludes halogenated alkanes) is 9. The van der Waals surface area contributed by atoms with Crippen molar-refractivity contribution in [1.82, 2.24) is 0 Å². The zero-order valence-electron chi connectivity index (χ0n) is 15.8. The molecule has 2 nitrogen and oxygen atoms in total. The second-order valence-corrected chi connectivity index (χ2v) is 9.90. The molecule has 0 aromatic rings. The second-order valence-electron chi connectivity index (χ2n) is 6.70. The van der Waals surface area contributed by atoms with Gasteiger partial charge in [-0.1, -0.05) is 116 Å². The van der Waals surface area contributed by atoms with E-state index in [0.717, 1.165) is 20.7 Å². The van der Waals surface area contributed by atoms with Gasteiger partial charge in [-0.15, -0.1) is 0 Å². The first-order chi connectivity index (χ1) is 11.6. The lowest BCUT2D eigenvalue weighted by atomic mass is 10.0. The molecule has 0 fully saturated rings. The van der Waals surface area contributed by atoms with E-state index < -0.39 is 0 Å². The Balaban J connectivity index is 3.41. The maximum atomic E-state index is 11.2. The van der Waals surface area contributed by atoms with Gasteiger partial charge in [-0.25, -0.2) is 0 Å². The summed E-state index contributed by atoms with van der Waals surface area (Å²) in [4.78, 5) is 11.2. The number of esters is 1. The van der Waals surface area contributed by atoms with E-state index in [4.69, 9.17) is 4.74 Å². The van der Waals surface area contributed by atoms with Crippen LogP contribution in [-0.4, -0.2) is 20.4 Å². The van der Waals surface area contributed by atoms with Gasteiger partial charge < -0.3 is 4.74 Å². The van der Waals surface area contributed by atoms with Crippen LogP contribution in [0.1, 0.15) is 104 Å². The van der Waals surface area contributed by atoms with E-state index in [9.17, 15) is 4.79 Å². The highest BCUT2D eigenvalue weighted by atomic mass is 127. The number of carbonyl (C=O) groups is 1. The highest BCUT2D eigenvalue weighted by molar-refractivity contribution is 14.1. The molecular formula is C20H38I2O2. The Morgan fingerprint density at radius 3 is 1.71 bits per heavy atom. The number of hydrogen-bond donors (Lipinski definition) is 0. The molecule has 0 heterocycles. The number of alkyl halides is 2. The quantitative estimate of drug-likeness (QED) is 0.0786. The van der Waals surface area contributed by atoms with Crippen molar-refractivity contribution in [1.29, 1.82) is 0 Å². The van der Waals surface area contributed by atoms with E-state index in [-0.39, 0.29) is 5.97 Å². The van der Waals surface area contributed by atoms with Crippen LogP contribution in [0.3, 0.4) is 0 Å². The molecular weight excluding hydrogens is 526 g/mol. The topological polar surface area (TPSA) is 26.3 Å². The lowest BCUT2D eigenvalue weighted by molar-refractivity contribution is -0.143. The minimum atomic E-state index is -0.0349. The number of halogens is 2. The third-order valence-corrected chi connectivity index (χ3v) is 8.75. The molecule has 0 spiro atoms. The molecule has 0 rings (SSSR count). The summed E-state index contributed by atoms with van der Waals surface area (Å²) in [5.74, 6) is -0.0349. The predicted molar refractivity (Wildman–Crippen MR) is 123 cm³/mol. The summed E-state index contributed by atoms with van der Waals surface area (Å²) < 4.78 is 6.60. The van der Waals surface area contributed by atoms with E-state index in [1.54, 1.807) is 0 Å². The van der Waals surface area contributed by atoms with E-state index in [1.165, 1.54) is 70.6 Å². The van der Waals surface area contributed by atoms with Gasteiger partial charge in [-0.3, -0.25) is 4.79 Å². The maximum Gasteiger partial charge on any atom is 0.305 e. The average Bonchev–Trinajstić information content (AvgIpc) is 2.56. The minimum absolute atomic E-state index is 0.0349. The SMILES string of the molecule is CCCCCCCC[C@H](I)[C@H](I)CCCCCCCC(=O)OCC. The smallest absolute Gasteiger partial charge is 0.305 e. The lowest BCUT2D eigenvalue weighted by Gasteiger charge is -2.16. The largest absolute Gasteiger partial charge is 0.466 e. The average molecular weight is 564 g/mol. The van der Waals surface area contributed by atoms with Crippen molar-refractivity contribution in [2.75, 3.05) is 6.61 Å². The first kappa shape index (κ1) is 24.9. The standard InChI is InChI=1S/C20H38I2O2/c1-3-5-6-7-9-12-15-18(21)19(22)16-13-10-8-11-14-17-20(23)24-4-2/h18-19H,3-17H2,1-2H3/t18-,19+/m0/s1. The summed E-state index contributed by atoms with van der Waals surface area (Å²) in [6.07, 6.45) is 17.8. The van der Waals surface area contributed by atoms with Crippen LogP contribution in [-0.2, 0) is 9.53 Å². The fourth-order valence-electron chi connectivity index (χ4n) is 2.85. The molecule has 4 heteroatoms. The molecule has 0 radical (unpaired) electrons. The monoisotopic (exact) mass is 564 g/mol. The Kier molecular flexibility index (Phi) is 19.4. The lowest BCUT2D eigenvalue weighted by Crippen LogP contribution is -2.13. The molecule has 0 amide bonds. The summed E-state index contributed by atoms with van der Waals surface area (Å²) in [6, 6.07) is 0. The fraction of sp³-hybridized carbons (Fsp3) is 0.950. The molecule has 0 aromatic heterocycles. The van der Waals surface area contributed by atoms with Crippen molar-refractivity contribution in [3.63, 3.8) is 0 Å². The van der Waals surface area contributed by atoms with E-state index in [0.29, 0.717) is 13.0 Å². The third-order valence-electron chi connectivity index (χ3n) is 4.39. The van der Waals surface area contributed by atoms with Gasteiger partial charge in [-0.05, 0) is 26.2 Å². The summed E-state index contributed by atoms with van der Waals surface area (Å²) in [6.45, 7) is 4.65. The summed E-state index contributed by atoms with van der Waals surface area (Å²) in [5, 5.41) is 0. The molecule has 0 unspecified atom stereocenters. The van der Waals surface area contributed by atoms with Gasteiger partial charge in [0.25, 0.3) is 0 Å². The van der Waals surface area contributed by atoms with Crippen LogP contribution in [0.5, 0.6) is 0 Å². The Labute approximate surface area is 177 Å². The molecule has 24 heavy (non-hydrogen) atoms. The Morgan fingerprint density at radius 2 is 1.21 bits per heavy atom. The zero-order chi connectivity index (χ0) is 18.0. The summed E-state index contributed by atoms with van der Waals surface area (Å²) in [7, 11) is 0. The molecule has 0 saturated heterocycles. The van der Waals surface area contributed by atoms with E-state index >= 15 is 0 Å². The van der Waals surface area contributed by atoms with Gasteiger partial charge in [-0.2, -0.15) is 0 Å². The number of hydrogen-bond acceptors (Lipinski definition) is 2. The third kappa shape index (κ3) is 16.4. The van der Waals surface area contributed by atoms with Gasteiger partial charge in [0, 0.05) is 14.3 Å². The van der Waals surface area contributed by atoms with Crippen LogP contribution in [0.15, 0.2) is 0 Å². The van der Waals surface area contributed by atoms with Gasteiger partial charge >= 0.3 is 5.97 Å². The van der Waals surface area contributed by atoms with Gasteiger partial charge in [0.2, 0.25) is 0 Å². The van der Waals surface area contributed by atoms with Crippen molar-refractivity contribution in [3.8, 4) is 0 Å². The first-order valence-corrected chi connectivity index (χ1v) is 12.5. The molecule has 0 aliphatic carbocycles. The molecule has 0 aliphatic heterocycles. The zero-order valence-corrected chi connectivity index (χ0v) is 20.1. The van der Waals surface area contributed by atoms with Gasteiger partial charge in [0.15, 0.2) is 0 Å². The van der Waals surface area contributed by atoms with Crippen LogP contribution >= 0.6 is 45.2 Å². The number of ether oxygens (including phenoxy) is 1. The first-order valence-electron chi connectivity index (χ1n) is 10.1. The van der Waals surface area contributed by atoms with Crippen molar-refractivity contribution in [2.45, 2.75) is 112 Å². The Bertz CT molecular complexity index is 285. The van der Waals surface area contributed by atoms with Gasteiger partial charge in [0.1, 0.15) is 0 Å². The molecule has 144 valence electrons. The maximum absolute atomic E-state index is 11.2. The number of carbonyl (C=O) groups excluding carboxylic acids is 1.